The lowest BCUT2D eigenvalue weighted by Crippen LogP contribution is -2.47. The van der Waals surface area contributed by atoms with E-state index in [1.165, 1.54) is 4.90 Å². The number of ether oxygens (including phenoxy) is 2. The average molecular weight is 464 g/mol. The van der Waals surface area contributed by atoms with Crippen LogP contribution in [0.5, 0.6) is 5.75 Å². The van der Waals surface area contributed by atoms with E-state index in [1.807, 2.05) is 61.5 Å². The molecule has 0 spiro atoms. The molecule has 1 aliphatic heterocycles. The maximum Gasteiger partial charge on any atom is 0.265 e. The fraction of sp³-hybridized carbons (Fsp3) is 0.346. The van der Waals surface area contributed by atoms with Crippen LogP contribution in [0.1, 0.15) is 37.1 Å². The van der Waals surface area contributed by atoms with Crippen LogP contribution in [0.3, 0.4) is 0 Å². The van der Waals surface area contributed by atoms with E-state index in [9.17, 15) is 9.59 Å². The van der Waals surface area contributed by atoms with E-state index in [0.717, 1.165) is 27.7 Å². The van der Waals surface area contributed by atoms with Gasteiger partial charge in [-0.2, -0.15) is 0 Å². The minimum Gasteiger partial charge on any atom is -0.489 e. The summed E-state index contributed by atoms with van der Waals surface area (Å²) in [5.74, 6) is -0.0401. The second kappa shape index (κ2) is 9.79. The second-order valence-corrected chi connectivity index (χ2v) is 8.77. The molecule has 0 radical (unpaired) electrons. The van der Waals surface area contributed by atoms with Gasteiger partial charge in [-0.05, 0) is 50.1 Å². The van der Waals surface area contributed by atoms with Crippen molar-refractivity contribution in [1.29, 1.82) is 0 Å². The van der Waals surface area contributed by atoms with Crippen molar-refractivity contribution >= 4 is 22.7 Å². The van der Waals surface area contributed by atoms with Gasteiger partial charge in [-0.15, -0.1) is 0 Å². The molecule has 0 aliphatic carbocycles. The van der Waals surface area contributed by atoms with Crippen molar-refractivity contribution in [3.8, 4) is 5.75 Å². The minimum atomic E-state index is -0.737. The molecule has 34 heavy (non-hydrogen) atoms. The first-order valence-corrected chi connectivity index (χ1v) is 11.2. The quantitative estimate of drug-likeness (QED) is 0.393. The molecule has 2 unspecified atom stereocenters. The number of methoxy groups -OCH3 is 1. The van der Waals surface area contributed by atoms with Gasteiger partial charge in [-0.25, -0.2) is 5.48 Å². The number of benzene rings is 2. The summed E-state index contributed by atoms with van der Waals surface area (Å²) >= 11 is 0. The van der Waals surface area contributed by atoms with E-state index < -0.39 is 17.4 Å². The predicted octanol–water partition coefficient (Wildman–Crippen LogP) is 3.34. The lowest BCUT2D eigenvalue weighted by Gasteiger charge is -2.27. The Bertz CT molecular complexity index is 1200. The Kier molecular flexibility index (Phi) is 6.81. The maximum atomic E-state index is 13.1. The molecule has 2 N–H and O–H groups in total. The predicted molar refractivity (Wildman–Crippen MR) is 126 cm³/mol. The Hall–Kier alpha value is -3.49. The highest BCUT2D eigenvalue weighted by Crippen LogP contribution is 2.37. The number of hydrogen-bond donors (Lipinski definition) is 2. The number of aromatic nitrogens is 1. The van der Waals surface area contributed by atoms with Crippen LogP contribution in [-0.4, -0.2) is 46.6 Å². The van der Waals surface area contributed by atoms with Crippen LogP contribution in [0.4, 0.5) is 0 Å². The van der Waals surface area contributed by atoms with Crippen LogP contribution in [0.2, 0.25) is 0 Å². The summed E-state index contributed by atoms with van der Waals surface area (Å²) in [5, 5.41) is 9.93. The van der Waals surface area contributed by atoms with Crippen molar-refractivity contribution in [2.24, 2.45) is 0 Å². The Labute approximate surface area is 198 Å². The van der Waals surface area contributed by atoms with Gasteiger partial charge in [0.15, 0.2) is 0 Å². The van der Waals surface area contributed by atoms with Crippen LogP contribution in [0, 0.1) is 0 Å². The summed E-state index contributed by atoms with van der Waals surface area (Å²) in [7, 11) is 1.64. The van der Waals surface area contributed by atoms with Crippen LogP contribution in [0.25, 0.3) is 10.9 Å². The minimum absolute atomic E-state index is 0.133. The number of hydroxylamine groups is 1. The van der Waals surface area contributed by atoms with Crippen LogP contribution >= 0.6 is 0 Å². The number of amides is 2. The molecule has 2 aromatic carbocycles. The summed E-state index contributed by atoms with van der Waals surface area (Å²) < 4.78 is 11.3. The summed E-state index contributed by atoms with van der Waals surface area (Å²) in [6, 6.07) is 16.7. The highest BCUT2D eigenvalue weighted by atomic mass is 16.5. The Morgan fingerprint density at radius 1 is 1.21 bits per heavy atom. The fourth-order valence-corrected chi connectivity index (χ4v) is 4.47. The van der Waals surface area contributed by atoms with Gasteiger partial charge in [0.2, 0.25) is 5.91 Å². The monoisotopic (exact) mass is 463 g/mol. The average Bonchev–Trinajstić information content (AvgIpc) is 3.17. The molecule has 0 saturated carbocycles. The highest BCUT2D eigenvalue weighted by Gasteiger charge is 2.46. The van der Waals surface area contributed by atoms with Gasteiger partial charge in [0.25, 0.3) is 5.91 Å². The Morgan fingerprint density at radius 3 is 2.65 bits per heavy atom. The number of hydrogen-bond acceptors (Lipinski definition) is 6. The number of nitrogens with zero attached hydrogens (tertiary/aromatic N) is 2. The van der Waals surface area contributed by atoms with E-state index >= 15 is 0 Å². The highest BCUT2D eigenvalue weighted by molar-refractivity contribution is 5.94. The molecule has 1 aliphatic rings. The molecule has 1 saturated heterocycles. The summed E-state index contributed by atoms with van der Waals surface area (Å²) in [6.07, 6.45) is 0.584. The number of rotatable bonds is 8. The van der Waals surface area contributed by atoms with E-state index in [1.54, 1.807) is 19.5 Å². The molecule has 178 valence electrons. The van der Waals surface area contributed by atoms with Gasteiger partial charge < -0.3 is 14.4 Å². The number of carbonyl (C=O) groups excluding carboxylic acids is 2. The van der Waals surface area contributed by atoms with Gasteiger partial charge in [0.05, 0.1) is 23.2 Å². The first-order chi connectivity index (χ1) is 16.4. The van der Waals surface area contributed by atoms with Gasteiger partial charge in [-0.3, -0.25) is 19.8 Å². The van der Waals surface area contributed by atoms with E-state index in [2.05, 4.69) is 4.98 Å². The smallest absolute Gasteiger partial charge is 0.265 e. The zero-order valence-electron chi connectivity index (χ0n) is 19.6. The van der Waals surface area contributed by atoms with Crippen LogP contribution in [-0.2, 0) is 33.0 Å². The molecule has 2 atom stereocenters. The van der Waals surface area contributed by atoms with Gasteiger partial charge in [0, 0.05) is 24.6 Å². The Balaban J connectivity index is 1.49. The standard InChI is InChI=1S/C26H29N3O5/c1-17(24(30)28-32)29-13-12-26(2,25(29)31)19-8-10-21(11-9-19)34-15-18-14-20(16-33-3)27-23-7-5-4-6-22(18)23/h4-11,14,17,32H,12-13,15-16H2,1-3H3,(H,28,30). The van der Waals surface area contributed by atoms with Gasteiger partial charge in [0.1, 0.15) is 18.4 Å². The number of nitrogens with one attached hydrogen (secondary N) is 1. The molecular formula is C26H29N3O5. The third-order valence-electron chi connectivity index (χ3n) is 6.58. The number of carbonyl (C=O) groups is 2. The molecule has 2 amide bonds. The van der Waals surface area contributed by atoms with Crippen molar-refractivity contribution in [2.75, 3.05) is 13.7 Å². The molecular weight excluding hydrogens is 434 g/mol. The molecule has 2 heterocycles. The zero-order valence-corrected chi connectivity index (χ0v) is 19.6. The van der Waals surface area contributed by atoms with Gasteiger partial charge >= 0.3 is 0 Å². The Morgan fingerprint density at radius 2 is 1.94 bits per heavy atom. The maximum absolute atomic E-state index is 13.1. The summed E-state index contributed by atoms with van der Waals surface area (Å²) in [5.41, 5.74) is 4.51. The number of fused-ring (bicyclic) bond motifs is 1. The third-order valence-corrected chi connectivity index (χ3v) is 6.58. The molecule has 1 aromatic heterocycles. The van der Waals surface area contributed by atoms with E-state index in [-0.39, 0.29) is 5.91 Å². The van der Waals surface area contributed by atoms with Crippen molar-refractivity contribution < 1.29 is 24.3 Å². The number of likely N-dealkylation sites (tertiary alicyclic amines) is 1. The molecule has 4 rings (SSSR count). The molecule has 3 aromatic rings. The molecule has 8 nitrogen and oxygen atoms in total. The van der Waals surface area contributed by atoms with Crippen molar-refractivity contribution in [3.63, 3.8) is 0 Å². The van der Waals surface area contributed by atoms with E-state index in [0.29, 0.717) is 31.9 Å². The fourth-order valence-electron chi connectivity index (χ4n) is 4.47. The topological polar surface area (TPSA) is 101 Å². The van der Waals surface area contributed by atoms with Gasteiger partial charge in [-0.1, -0.05) is 30.3 Å². The molecule has 0 bridgehead atoms. The summed E-state index contributed by atoms with van der Waals surface area (Å²) in [4.78, 5) is 31.0. The van der Waals surface area contributed by atoms with Crippen molar-refractivity contribution in [1.82, 2.24) is 15.4 Å². The first kappa shape index (κ1) is 23.7. The largest absolute Gasteiger partial charge is 0.489 e. The lowest BCUT2D eigenvalue weighted by atomic mass is 9.81. The van der Waals surface area contributed by atoms with Crippen LogP contribution < -0.4 is 10.2 Å². The second-order valence-electron chi connectivity index (χ2n) is 8.77. The summed E-state index contributed by atoms with van der Waals surface area (Å²) in [6.45, 7) is 4.73. The van der Waals surface area contributed by atoms with E-state index in [4.69, 9.17) is 14.7 Å². The molecule has 8 heteroatoms. The lowest BCUT2D eigenvalue weighted by molar-refractivity contribution is -0.143. The zero-order chi connectivity index (χ0) is 24.3. The van der Waals surface area contributed by atoms with Crippen molar-refractivity contribution in [3.05, 3.63) is 71.4 Å². The first-order valence-electron chi connectivity index (χ1n) is 11.2. The third kappa shape index (κ3) is 4.47. The normalized spacial score (nSPS) is 18.8. The number of pyridine rings is 1. The van der Waals surface area contributed by atoms with Crippen molar-refractivity contribution in [2.45, 2.75) is 44.9 Å². The SMILES string of the molecule is COCc1cc(COc2ccc(C3(C)CCN(C(C)C(=O)NO)C3=O)cc2)c2ccccc2n1. The van der Waals surface area contributed by atoms with Crippen LogP contribution in [0.15, 0.2) is 54.6 Å². The number of para-hydroxylation sites is 1. The molecule has 1 fully saturated rings.